The summed E-state index contributed by atoms with van der Waals surface area (Å²) >= 11 is 0. The highest BCUT2D eigenvalue weighted by Gasteiger charge is 2.12. The van der Waals surface area contributed by atoms with Gasteiger partial charge in [0.1, 0.15) is 17.6 Å². The van der Waals surface area contributed by atoms with E-state index in [0.29, 0.717) is 11.4 Å². The van der Waals surface area contributed by atoms with Gasteiger partial charge in [-0.1, -0.05) is 12.1 Å². The second-order valence-electron chi connectivity index (χ2n) is 4.59. The molecule has 5 heteroatoms. The quantitative estimate of drug-likeness (QED) is 0.826. The maximum absolute atomic E-state index is 10.9. The molecule has 0 saturated heterocycles. The predicted octanol–water partition coefficient (Wildman–Crippen LogP) is 3.12. The summed E-state index contributed by atoms with van der Waals surface area (Å²) in [6.45, 7) is 1.90. The van der Waals surface area contributed by atoms with Crippen LogP contribution >= 0.6 is 0 Å². The fourth-order valence-corrected chi connectivity index (χ4v) is 1.92. The van der Waals surface area contributed by atoms with Crippen LogP contribution < -0.4 is 15.2 Å². The molecule has 0 fully saturated rings. The van der Waals surface area contributed by atoms with Gasteiger partial charge in [0.25, 0.3) is 0 Å². The van der Waals surface area contributed by atoms with E-state index in [4.69, 9.17) is 20.3 Å². The van der Waals surface area contributed by atoms with Crippen molar-refractivity contribution in [2.45, 2.75) is 13.0 Å². The van der Waals surface area contributed by atoms with Crippen LogP contribution in [0.4, 0.5) is 5.69 Å². The van der Waals surface area contributed by atoms with Crippen LogP contribution in [-0.2, 0) is 0 Å². The molecule has 1 atom stereocenters. The fourth-order valence-electron chi connectivity index (χ4n) is 1.92. The Morgan fingerprint density at radius 3 is 2.38 bits per heavy atom. The molecule has 0 heterocycles. The van der Waals surface area contributed by atoms with E-state index in [-0.39, 0.29) is 11.7 Å². The molecule has 3 N–H and O–H groups in total. The standard InChI is InChI=1S/C16H17NO4/c1-10(11-3-6-13(20-2)7-4-11)21-15-8-5-12(16(18)19)9-14(15)17/h3-10H,17H2,1-2H3,(H,18,19). The number of anilines is 1. The summed E-state index contributed by atoms with van der Waals surface area (Å²) < 4.78 is 10.9. The van der Waals surface area contributed by atoms with Crippen molar-refractivity contribution in [3.8, 4) is 11.5 Å². The molecular weight excluding hydrogens is 270 g/mol. The van der Waals surface area contributed by atoms with Crippen LogP contribution in [0, 0.1) is 0 Å². The minimum absolute atomic E-state index is 0.136. The Labute approximate surface area is 122 Å². The maximum Gasteiger partial charge on any atom is 0.335 e. The lowest BCUT2D eigenvalue weighted by Gasteiger charge is -2.17. The van der Waals surface area contributed by atoms with Crippen molar-refractivity contribution in [3.63, 3.8) is 0 Å². The third-order valence-electron chi connectivity index (χ3n) is 3.15. The highest BCUT2D eigenvalue weighted by Crippen LogP contribution is 2.28. The van der Waals surface area contributed by atoms with Gasteiger partial charge in [0, 0.05) is 0 Å². The molecule has 110 valence electrons. The van der Waals surface area contributed by atoms with Crippen molar-refractivity contribution >= 4 is 11.7 Å². The van der Waals surface area contributed by atoms with Crippen LogP contribution in [0.15, 0.2) is 42.5 Å². The minimum Gasteiger partial charge on any atom is -0.497 e. The molecule has 21 heavy (non-hydrogen) atoms. The first kappa shape index (κ1) is 14.7. The molecule has 1 unspecified atom stereocenters. The third-order valence-corrected chi connectivity index (χ3v) is 3.15. The van der Waals surface area contributed by atoms with Crippen molar-refractivity contribution in [1.29, 1.82) is 0 Å². The van der Waals surface area contributed by atoms with E-state index in [9.17, 15) is 4.79 Å². The summed E-state index contributed by atoms with van der Waals surface area (Å²) in [7, 11) is 1.61. The molecule has 5 nitrogen and oxygen atoms in total. The van der Waals surface area contributed by atoms with Crippen LogP contribution in [0.25, 0.3) is 0 Å². The number of aromatic carboxylic acids is 1. The molecular formula is C16H17NO4. The van der Waals surface area contributed by atoms with E-state index in [1.807, 2.05) is 31.2 Å². The molecule has 0 bridgehead atoms. The predicted molar refractivity (Wildman–Crippen MR) is 79.9 cm³/mol. The number of hydrogen-bond donors (Lipinski definition) is 2. The SMILES string of the molecule is COc1ccc(C(C)Oc2ccc(C(=O)O)cc2N)cc1. The summed E-state index contributed by atoms with van der Waals surface area (Å²) in [6, 6.07) is 11.9. The largest absolute Gasteiger partial charge is 0.497 e. The summed E-state index contributed by atoms with van der Waals surface area (Å²) in [4.78, 5) is 10.9. The second kappa shape index (κ2) is 6.17. The van der Waals surface area contributed by atoms with Gasteiger partial charge in [0.2, 0.25) is 0 Å². The molecule has 2 rings (SSSR count). The maximum atomic E-state index is 10.9. The summed E-state index contributed by atoms with van der Waals surface area (Å²) in [5.74, 6) is 0.219. The number of ether oxygens (including phenoxy) is 2. The zero-order valence-electron chi connectivity index (χ0n) is 11.9. The summed E-state index contributed by atoms with van der Waals surface area (Å²) in [5.41, 5.74) is 7.23. The van der Waals surface area contributed by atoms with Gasteiger partial charge in [-0.3, -0.25) is 0 Å². The third kappa shape index (κ3) is 3.45. The lowest BCUT2D eigenvalue weighted by molar-refractivity contribution is 0.0697. The number of nitrogen functional groups attached to an aromatic ring is 1. The molecule has 0 aliphatic rings. The van der Waals surface area contributed by atoms with Crippen molar-refractivity contribution in [1.82, 2.24) is 0 Å². The molecule has 0 amide bonds. The van der Waals surface area contributed by atoms with Gasteiger partial charge in [0.05, 0.1) is 18.4 Å². The molecule has 0 radical (unpaired) electrons. The highest BCUT2D eigenvalue weighted by atomic mass is 16.5. The Hall–Kier alpha value is -2.69. The zero-order chi connectivity index (χ0) is 15.4. The fraction of sp³-hybridized carbons (Fsp3) is 0.188. The van der Waals surface area contributed by atoms with E-state index in [1.54, 1.807) is 13.2 Å². The Morgan fingerprint density at radius 1 is 1.19 bits per heavy atom. The number of nitrogens with two attached hydrogens (primary N) is 1. The molecule has 0 aliphatic carbocycles. The van der Waals surface area contributed by atoms with Crippen LogP contribution in [0.3, 0.4) is 0 Å². The molecule has 2 aromatic carbocycles. The first-order valence-corrected chi connectivity index (χ1v) is 6.44. The van der Waals surface area contributed by atoms with Gasteiger partial charge in [0.15, 0.2) is 0 Å². The van der Waals surface area contributed by atoms with Gasteiger partial charge >= 0.3 is 5.97 Å². The van der Waals surface area contributed by atoms with Crippen LogP contribution in [0.5, 0.6) is 11.5 Å². The molecule has 0 aromatic heterocycles. The summed E-state index contributed by atoms with van der Waals surface area (Å²) in [5, 5.41) is 8.90. The van der Waals surface area contributed by atoms with Gasteiger partial charge in [-0.2, -0.15) is 0 Å². The van der Waals surface area contributed by atoms with Crippen LogP contribution in [0.1, 0.15) is 28.9 Å². The van der Waals surface area contributed by atoms with E-state index in [0.717, 1.165) is 11.3 Å². The highest BCUT2D eigenvalue weighted by molar-refractivity contribution is 5.89. The molecule has 2 aromatic rings. The monoisotopic (exact) mass is 287 g/mol. The van der Waals surface area contributed by atoms with E-state index in [2.05, 4.69) is 0 Å². The number of carboxylic acids is 1. The van der Waals surface area contributed by atoms with Crippen LogP contribution in [-0.4, -0.2) is 18.2 Å². The van der Waals surface area contributed by atoms with Gasteiger partial charge in [-0.05, 0) is 42.8 Å². The number of benzene rings is 2. The topological polar surface area (TPSA) is 81.8 Å². The Morgan fingerprint density at radius 2 is 1.86 bits per heavy atom. The van der Waals surface area contributed by atoms with Crippen molar-refractivity contribution < 1.29 is 19.4 Å². The average molecular weight is 287 g/mol. The van der Waals surface area contributed by atoms with Gasteiger partial charge in [-0.25, -0.2) is 4.79 Å². The van der Waals surface area contributed by atoms with Crippen LogP contribution in [0.2, 0.25) is 0 Å². The molecule has 0 saturated carbocycles. The number of methoxy groups -OCH3 is 1. The smallest absolute Gasteiger partial charge is 0.335 e. The first-order valence-electron chi connectivity index (χ1n) is 6.44. The minimum atomic E-state index is -1.02. The van der Waals surface area contributed by atoms with E-state index >= 15 is 0 Å². The molecule has 0 aliphatic heterocycles. The molecule has 0 spiro atoms. The summed E-state index contributed by atoms with van der Waals surface area (Å²) in [6.07, 6.45) is -0.214. The van der Waals surface area contributed by atoms with E-state index < -0.39 is 5.97 Å². The lowest BCUT2D eigenvalue weighted by Crippen LogP contribution is -2.06. The van der Waals surface area contributed by atoms with Crippen molar-refractivity contribution in [2.24, 2.45) is 0 Å². The van der Waals surface area contributed by atoms with Gasteiger partial charge in [-0.15, -0.1) is 0 Å². The zero-order valence-corrected chi connectivity index (χ0v) is 11.9. The Balaban J connectivity index is 2.14. The Bertz CT molecular complexity index is 637. The van der Waals surface area contributed by atoms with Gasteiger partial charge < -0.3 is 20.3 Å². The first-order chi connectivity index (χ1) is 10.0. The Kier molecular flexibility index (Phi) is 4.33. The lowest BCUT2D eigenvalue weighted by atomic mass is 10.1. The number of carbonyl (C=O) groups is 1. The van der Waals surface area contributed by atoms with Crippen molar-refractivity contribution in [3.05, 3.63) is 53.6 Å². The number of rotatable bonds is 5. The number of hydrogen-bond acceptors (Lipinski definition) is 4. The normalized spacial score (nSPS) is 11.7. The van der Waals surface area contributed by atoms with E-state index in [1.165, 1.54) is 12.1 Å². The average Bonchev–Trinajstić information content (AvgIpc) is 2.49. The van der Waals surface area contributed by atoms with Crippen molar-refractivity contribution in [2.75, 3.05) is 12.8 Å². The second-order valence-corrected chi connectivity index (χ2v) is 4.59. The number of carboxylic acid groups (broad SMARTS) is 1.